The summed E-state index contributed by atoms with van der Waals surface area (Å²) < 4.78 is 9.66. The smallest absolute Gasteiger partial charge is 0.413 e. The maximum atomic E-state index is 11.6. The first kappa shape index (κ1) is 16.2. The molecule has 20 heavy (non-hydrogen) atoms. The lowest BCUT2D eigenvalue weighted by Crippen LogP contribution is -2.17. The normalized spacial score (nSPS) is 11.3. The molecular weight excluding hydrogens is 280 g/mol. The third kappa shape index (κ3) is 4.65. The third-order valence-corrected chi connectivity index (χ3v) is 2.90. The minimum absolute atomic E-state index is 0.208. The maximum Gasteiger partial charge on any atom is 0.413 e. The van der Waals surface area contributed by atoms with Crippen LogP contribution in [0.4, 0.5) is 9.93 Å². The summed E-state index contributed by atoms with van der Waals surface area (Å²) in [7, 11) is 1.32. The summed E-state index contributed by atoms with van der Waals surface area (Å²) in [6.07, 6.45) is 1.64. The molecule has 0 aromatic carbocycles. The highest BCUT2D eigenvalue weighted by Gasteiger charge is 2.16. The molecule has 0 radical (unpaired) electrons. The zero-order valence-electron chi connectivity index (χ0n) is 11.9. The van der Waals surface area contributed by atoms with E-state index in [0.29, 0.717) is 22.8 Å². The topological polar surface area (TPSA) is 77.5 Å². The number of carbonyl (C=O) groups excluding carboxylic acids is 2. The van der Waals surface area contributed by atoms with Crippen LogP contribution in [0.5, 0.6) is 0 Å². The Kier molecular flexibility index (Phi) is 6.17. The van der Waals surface area contributed by atoms with E-state index in [-0.39, 0.29) is 6.10 Å². The monoisotopic (exact) mass is 298 g/mol. The summed E-state index contributed by atoms with van der Waals surface area (Å²) in [6, 6.07) is 0. The number of nitrogens with one attached hydrogen (secondary N) is 1. The first-order valence-electron chi connectivity index (χ1n) is 6.19. The molecule has 0 saturated carbocycles. The fourth-order valence-electron chi connectivity index (χ4n) is 1.39. The van der Waals surface area contributed by atoms with Gasteiger partial charge in [0.2, 0.25) is 0 Å². The Morgan fingerprint density at radius 1 is 1.50 bits per heavy atom. The summed E-state index contributed by atoms with van der Waals surface area (Å²) in [6.45, 7) is 5.42. The van der Waals surface area contributed by atoms with Crippen LogP contribution in [0.15, 0.2) is 11.5 Å². The van der Waals surface area contributed by atoms with Gasteiger partial charge in [0.05, 0.1) is 24.5 Å². The van der Waals surface area contributed by atoms with E-state index >= 15 is 0 Å². The number of aromatic nitrogens is 1. The number of hydrogen-bond acceptors (Lipinski definition) is 6. The summed E-state index contributed by atoms with van der Waals surface area (Å²) >= 11 is 1.22. The molecule has 1 heterocycles. The molecule has 1 aromatic heterocycles. The Balaban J connectivity index is 2.82. The van der Waals surface area contributed by atoms with Gasteiger partial charge in [0.15, 0.2) is 5.13 Å². The third-order valence-electron chi connectivity index (χ3n) is 2.15. The molecule has 1 rings (SSSR count). The van der Waals surface area contributed by atoms with E-state index in [1.807, 2.05) is 6.92 Å². The highest BCUT2D eigenvalue weighted by atomic mass is 32.1. The largest absolute Gasteiger partial charge is 0.465 e. The number of anilines is 1. The fourth-order valence-corrected chi connectivity index (χ4v) is 2.09. The quantitative estimate of drug-likeness (QED) is 0.667. The van der Waals surface area contributed by atoms with Crippen LogP contribution in [0.3, 0.4) is 0 Å². The summed E-state index contributed by atoms with van der Waals surface area (Å²) in [5.41, 5.74) is 0.861. The number of hydrogen-bond donors (Lipinski definition) is 1. The van der Waals surface area contributed by atoms with E-state index in [1.165, 1.54) is 18.4 Å². The number of methoxy groups -OCH3 is 1. The van der Waals surface area contributed by atoms with Gasteiger partial charge in [-0.15, -0.1) is 11.3 Å². The van der Waals surface area contributed by atoms with Crippen molar-refractivity contribution in [1.29, 1.82) is 0 Å². The van der Waals surface area contributed by atoms with Crippen molar-refractivity contribution >= 4 is 34.1 Å². The van der Waals surface area contributed by atoms with Crippen molar-refractivity contribution in [2.45, 2.75) is 33.3 Å². The lowest BCUT2D eigenvalue weighted by molar-refractivity contribution is -0.133. The molecule has 1 aromatic rings. The molecule has 1 N–H and O–H groups in total. The van der Waals surface area contributed by atoms with Crippen molar-refractivity contribution < 1.29 is 19.1 Å². The van der Waals surface area contributed by atoms with Gasteiger partial charge in [0, 0.05) is 5.38 Å². The van der Waals surface area contributed by atoms with Gasteiger partial charge in [-0.2, -0.15) is 0 Å². The molecule has 0 fully saturated rings. The van der Waals surface area contributed by atoms with Crippen molar-refractivity contribution in [3.05, 3.63) is 17.2 Å². The molecule has 0 aliphatic carbocycles. The molecule has 0 spiro atoms. The average molecular weight is 298 g/mol. The highest BCUT2D eigenvalue weighted by molar-refractivity contribution is 7.14. The summed E-state index contributed by atoms with van der Waals surface area (Å²) in [5, 5.41) is 4.57. The lowest BCUT2D eigenvalue weighted by Gasteiger charge is -2.07. The standard InChI is InChI=1S/C13H18N2O4S/c1-5-6-9(11(16)18-4)10-7-20-12(14-10)15-13(17)19-8(2)3/h6-8H,5H2,1-4H3,(H,14,15,17)/b9-6+. The van der Waals surface area contributed by atoms with Gasteiger partial charge >= 0.3 is 12.1 Å². The molecule has 0 aliphatic heterocycles. The van der Waals surface area contributed by atoms with Gasteiger partial charge < -0.3 is 9.47 Å². The number of carbonyl (C=O) groups is 2. The molecule has 0 bridgehead atoms. The lowest BCUT2D eigenvalue weighted by atomic mass is 10.2. The number of nitrogens with zero attached hydrogens (tertiary/aromatic N) is 1. The Morgan fingerprint density at radius 3 is 2.75 bits per heavy atom. The van der Waals surface area contributed by atoms with Gasteiger partial charge in [0.25, 0.3) is 0 Å². The molecule has 6 nitrogen and oxygen atoms in total. The van der Waals surface area contributed by atoms with Crippen molar-refractivity contribution in [3.63, 3.8) is 0 Å². The van der Waals surface area contributed by atoms with Crippen LogP contribution >= 0.6 is 11.3 Å². The van der Waals surface area contributed by atoms with Gasteiger partial charge in [-0.25, -0.2) is 14.6 Å². The van der Waals surface area contributed by atoms with E-state index in [4.69, 9.17) is 9.47 Å². The van der Waals surface area contributed by atoms with E-state index < -0.39 is 12.1 Å². The molecule has 0 saturated heterocycles. The SMILES string of the molecule is CC/C=C(/C(=O)OC)c1csc(NC(=O)OC(C)C)n1. The fraction of sp³-hybridized carbons (Fsp3) is 0.462. The first-order valence-corrected chi connectivity index (χ1v) is 7.07. The minimum atomic E-state index is -0.569. The molecular formula is C13H18N2O4S. The molecule has 1 amide bonds. The molecule has 0 atom stereocenters. The van der Waals surface area contributed by atoms with Crippen LogP contribution in [0.1, 0.15) is 32.9 Å². The zero-order chi connectivity index (χ0) is 15.1. The van der Waals surface area contributed by atoms with Crippen LogP contribution in [-0.2, 0) is 14.3 Å². The number of thiazole rings is 1. The second-order valence-corrected chi connectivity index (χ2v) is 4.99. The van der Waals surface area contributed by atoms with Crippen LogP contribution in [0, 0.1) is 0 Å². The second kappa shape index (κ2) is 7.64. The Morgan fingerprint density at radius 2 is 2.20 bits per heavy atom. The second-order valence-electron chi connectivity index (χ2n) is 4.13. The predicted octanol–water partition coefficient (Wildman–Crippen LogP) is 3.07. The summed E-state index contributed by atoms with van der Waals surface area (Å²) in [4.78, 5) is 27.3. The molecule has 110 valence electrons. The van der Waals surface area contributed by atoms with Crippen molar-refractivity contribution in [2.75, 3.05) is 12.4 Å². The number of esters is 1. The van der Waals surface area contributed by atoms with E-state index in [0.717, 1.165) is 0 Å². The first-order chi connectivity index (χ1) is 9.47. The van der Waals surface area contributed by atoms with Crippen LogP contribution in [0.25, 0.3) is 5.57 Å². The van der Waals surface area contributed by atoms with Crippen molar-refractivity contribution in [1.82, 2.24) is 4.98 Å². The Bertz CT molecular complexity index is 508. The maximum absolute atomic E-state index is 11.6. The predicted molar refractivity (Wildman–Crippen MR) is 77.6 cm³/mol. The van der Waals surface area contributed by atoms with E-state index in [2.05, 4.69) is 10.3 Å². The van der Waals surface area contributed by atoms with E-state index in [9.17, 15) is 9.59 Å². The van der Waals surface area contributed by atoms with E-state index in [1.54, 1.807) is 25.3 Å². The Labute approximate surface area is 121 Å². The molecule has 0 aliphatic rings. The van der Waals surface area contributed by atoms with Crippen molar-refractivity contribution in [3.8, 4) is 0 Å². The van der Waals surface area contributed by atoms with Gasteiger partial charge in [-0.1, -0.05) is 13.0 Å². The minimum Gasteiger partial charge on any atom is -0.465 e. The highest BCUT2D eigenvalue weighted by Crippen LogP contribution is 2.23. The summed E-state index contributed by atoms with van der Waals surface area (Å²) in [5.74, 6) is -0.451. The number of amides is 1. The zero-order valence-corrected chi connectivity index (χ0v) is 12.7. The van der Waals surface area contributed by atoms with Crippen molar-refractivity contribution in [2.24, 2.45) is 0 Å². The van der Waals surface area contributed by atoms with Crippen LogP contribution in [0.2, 0.25) is 0 Å². The number of ether oxygens (including phenoxy) is 2. The van der Waals surface area contributed by atoms with Gasteiger partial charge in [0.1, 0.15) is 0 Å². The average Bonchev–Trinajstić information content (AvgIpc) is 2.82. The molecule has 7 heteroatoms. The van der Waals surface area contributed by atoms with Gasteiger partial charge in [-0.3, -0.25) is 5.32 Å². The Hall–Kier alpha value is -1.89. The molecule has 0 unspecified atom stereocenters. The van der Waals surface area contributed by atoms with Gasteiger partial charge in [-0.05, 0) is 20.3 Å². The number of allylic oxidation sites excluding steroid dienone is 1. The van der Waals surface area contributed by atoms with Crippen LogP contribution < -0.4 is 5.32 Å². The number of rotatable bonds is 5. The van der Waals surface area contributed by atoms with Crippen LogP contribution in [-0.4, -0.2) is 30.3 Å².